The average Bonchev–Trinajstić information content (AvgIpc) is 1.85. The molecule has 0 radical (unpaired) electrons. The van der Waals surface area contributed by atoms with Crippen LogP contribution in [0.2, 0.25) is 0 Å². The van der Waals surface area contributed by atoms with Gasteiger partial charge in [0.25, 0.3) is 0 Å². The first-order valence-electron chi connectivity index (χ1n) is 4.25. The lowest BCUT2D eigenvalue weighted by atomic mass is 9.83. The molecule has 0 saturated heterocycles. The predicted octanol–water partition coefficient (Wildman–Crippen LogP) is 3.17. The first kappa shape index (κ1) is 8.45. The molecule has 0 bridgehead atoms. The minimum Gasteiger partial charge on any atom is -0.162 e. The fraction of sp³-hybridized carbons (Fsp3) is 1.00. The van der Waals surface area contributed by atoms with Gasteiger partial charge in [-0.25, -0.2) is 0 Å². The average molecular weight is 158 g/mol. The van der Waals surface area contributed by atoms with Crippen molar-refractivity contribution in [1.82, 2.24) is 0 Å². The van der Waals surface area contributed by atoms with E-state index in [4.69, 9.17) is 0 Å². The summed E-state index contributed by atoms with van der Waals surface area (Å²) in [5.74, 6) is 1.95. The molecule has 60 valence electrons. The molecule has 1 saturated carbocycles. The molecule has 0 aromatic carbocycles. The fourth-order valence-electron chi connectivity index (χ4n) is 2.07. The minimum atomic E-state index is 0.957. The van der Waals surface area contributed by atoms with Crippen LogP contribution in [0.15, 0.2) is 0 Å². The molecule has 1 aliphatic carbocycles. The molecule has 0 aromatic rings. The van der Waals surface area contributed by atoms with Crippen molar-refractivity contribution in [2.75, 3.05) is 6.26 Å². The van der Waals surface area contributed by atoms with Crippen LogP contribution in [0.4, 0.5) is 0 Å². The van der Waals surface area contributed by atoms with E-state index >= 15 is 0 Å². The molecule has 1 rings (SSSR count). The normalized spacial score (nSPS) is 41.7. The van der Waals surface area contributed by atoms with Gasteiger partial charge in [-0.15, -0.1) is 0 Å². The van der Waals surface area contributed by atoms with E-state index in [1.807, 2.05) is 0 Å². The first-order valence-corrected chi connectivity index (χ1v) is 5.54. The SMILES string of the molecule is CSC1CC(C)CC(C)C1. The standard InChI is InChI=1S/C9H18S/c1-7-4-8(2)6-9(5-7)10-3/h7-9H,4-6H2,1-3H3. The van der Waals surface area contributed by atoms with Crippen LogP contribution in [-0.2, 0) is 0 Å². The highest BCUT2D eigenvalue weighted by molar-refractivity contribution is 7.99. The second kappa shape index (κ2) is 3.66. The summed E-state index contributed by atoms with van der Waals surface area (Å²) in [6.45, 7) is 4.78. The third-order valence-corrected chi connectivity index (χ3v) is 3.52. The van der Waals surface area contributed by atoms with Gasteiger partial charge in [0.15, 0.2) is 0 Å². The summed E-state index contributed by atoms with van der Waals surface area (Å²) in [6.07, 6.45) is 6.60. The molecular formula is C9H18S. The van der Waals surface area contributed by atoms with Crippen molar-refractivity contribution < 1.29 is 0 Å². The van der Waals surface area contributed by atoms with Gasteiger partial charge >= 0.3 is 0 Å². The zero-order chi connectivity index (χ0) is 7.56. The Morgan fingerprint density at radius 3 is 1.90 bits per heavy atom. The van der Waals surface area contributed by atoms with Crippen LogP contribution < -0.4 is 0 Å². The third-order valence-electron chi connectivity index (χ3n) is 2.47. The maximum Gasteiger partial charge on any atom is 0.00493 e. The number of hydrogen-bond acceptors (Lipinski definition) is 1. The molecule has 1 heteroatoms. The van der Waals surface area contributed by atoms with E-state index in [2.05, 4.69) is 31.9 Å². The summed E-state index contributed by atoms with van der Waals surface area (Å²) in [6, 6.07) is 0. The second-order valence-corrected chi connectivity index (χ2v) is 4.91. The van der Waals surface area contributed by atoms with E-state index in [1.165, 1.54) is 19.3 Å². The van der Waals surface area contributed by atoms with E-state index in [1.54, 1.807) is 0 Å². The van der Waals surface area contributed by atoms with Crippen LogP contribution >= 0.6 is 11.8 Å². The topological polar surface area (TPSA) is 0 Å². The summed E-state index contributed by atoms with van der Waals surface area (Å²) in [5.41, 5.74) is 0. The van der Waals surface area contributed by atoms with Crippen molar-refractivity contribution in [2.24, 2.45) is 11.8 Å². The molecule has 0 nitrogen and oxygen atoms in total. The maximum absolute atomic E-state index is 2.39. The lowest BCUT2D eigenvalue weighted by Crippen LogP contribution is -2.20. The van der Waals surface area contributed by atoms with Crippen LogP contribution in [-0.4, -0.2) is 11.5 Å². The fourth-order valence-corrected chi connectivity index (χ4v) is 3.11. The maximum atomic E-state index is 2.39. The third kappa shape index (κ3) is 2.19. The number of thioether (sulfide) groups is 1. The highest BCUT2D eigenvalue weighted by Crippen LogP contribution is 2.33. The Kier molecular flexibility index (Phi) is 3.09. The zero-order valence-electron chi connectivity index (χ0n) is 7.26. The van der Waals surface area contributed by atoms with Gasteiger partial charge in [0.1, 0.15) is 0 Å². The van der Waals surface area contributed by atoms with Crippen LogP contribution in [0, 0.1) is 11.8 Å². The molecule has 1 aliphatic rings. The molecule has 1 fully saturated rings. The minimum absolute atomic E-state index is 0.957. The Morgan fingerprint density at radius 2 is 1.50 bits per heavy atom. The van der Waals surface area contributed by atoms with Crippen LogP contribution in [0.3, 0.4) is 0 Å². The molecule has 0 N–H and O–H groups in total. The highest BCUT2D eigenvalue weighted by atomic mass is 32.2. The lowest BCUT2D eigenvalue weighted by Gasteiger charge is -2.30. The Hall–Kier alpha value is 0.350. The Balaban J connectivity index is 2.35. The van der Waals surface area contributed by atoms with Crippen molar-refractivity contribution >= 4 is 11.8 Å². The smallest absolute Gasteiger partial charge is 0.00493 e. The number of rotatable bonds is 1. The summed E-state index contributed by atoms with van der Waals surface area (Å²) < 4.78 is 0. The molecule has 2 unspecified atom stereocenters. The van der Waals surface area contributed by atoms with Gasteiger partial charge in [-0.2, -0.15) is 11.8 Å². The van der Waals surface area contributed by atoms with Gasteiger partial charge in [0.05, 0.1) is 0 Å². The Labute approximate surface area is 68.8 Å². The molecule has 10 heavy (non-hydrogen) atoms. The van der Waals surface area contributed by atoms with Crippen LogP contribution in [0.1, 0.15) is 33.1 Å². The van der Waals surface area contributed by atoms with Crippen LogP contribution in [0.25, 0.3) is 0 Å². The molecule has 2 atom stereocenters. The van der Waals surface area contributed by atoms with Crippen molar-refractivity contribution in [3.8, 4) is 0 Å². The van der Waals surface area contributed by atoms with E-state index in [9.17, 15) is 0 Å². The molecule has 0 aromatic heterocycles. The monoisotopic (exact) mass is 158 g/mol. The zero-order valence-corrected chi connectivity index (χ0v) is 8.08. The quantitative estimate of drug-likeness (QED) is 0.565. The summed E-state index contributed by atoms with van der Waals surface area (Å²) in [4.78, 5) is 0. The van der Waals surface area contributed by atoms with Gasteiger partial charge in [-0.1, -0.05) is 13.8 Å². The summed E-state index contributed by atoms with van der Waals surface area (Å²) in [5, 5.41) is 0.957. The van der Waals surface area contributed by atoms with Gasteiger partial charge in [-0.05, 0) is 37.4 Å². The van der Waals surface area contributed by atoms with Crippen molar-refractivity contribution in [3.05, 3.63) is 0 Å². The Bertz CT molecular complexity index is 90.9. The van der Waals surface area contributed by atoms with Gasteiger partial charge in [-0.3, -0.25) is 0 Å². The molecule has 0 aliphatic heterocycles. The van der Waals surface area contributed by atoms with Gasteiger partial charge in [0, 0.05) is 5.25 Å². The second-order valence-electron chi connectivity index (χ2n) is 3.78. The molecule has 0 heterocycles. The largest absolute Gasteiger partial charge is 0.162 e. The van der Waals surface area contributed by atoms with Crippen LogP contribution in [0.5, 0.6) is 0 Å². The summed E-state index contributed by atoms with van der Waals surface area (Å²) in [7, 11) is 0. The van der Waals surface area contributed by atoms with E-state index in [0.717, 1.165) is 17.1 Å². The summed E-state index contributed by atoms with van der Waals surface area (Å²) >= 11 is 2.05. The van der Waals surface area contributed by atoms with E-state index in [0.29, 0.717) is 0 Å². The van der Waals surface area contributed by atoms with E-state index in [-0.39, 0.29) is 0 Å². The van der Waals surface area contributed by atoms with Crippen molar-refractivity contribution in [3.63, 3.8) is 0 Å². The lowest BCUT2D eigenvalue weighted by molar-refractivity contribution is 0.309. The first-order chi connectivity index (χ1) is 4.72. The Morgan fingerprint density at radius 1 is 1.00 bits per heavy atom. The van der Waals surface area contributed by atoms with E-state index < -0.39 is 0 Å². The molecular weight excluding hydrogens is 140 g/mol. The van der Waals surface area contributed by atoms with Crippen molar-refractivity contribution in [1.29, 1.82) is 0 Å². The van der Waals surface area contributed by atoms with Crippen molar-refractivity contribution in [2.45, 2.75) is 38.4 Å². The molecule has 0 amide bonds. The van der Waals surface area contributed by atoms with Gasteiger partial charge < -0.3 is 0 Å². The predicted molar refractivity (Wildman–Crippen MR) is 49.5 cm³/mol. The molecule has 0 spiro atoms. The number of hydrogen-bond donors (Lipinski definition) is 0. The highest BCUT2D eigenvalue weighted by Gasteiger charge is 2.22. The van der Waals surface area contributed by atoms with Gasteiger partial charge in [0.2, 0.25) is 0 Å².